The lowest BCUT2D eigenvalue weighted by Gasteiger charge is -2.17. The molecule has 0 unspecified atom stereocenters. The summed E-state index contributed by atoms with van der Waals surface area (Å²) in [4.78, 5) is 26.3. The van der Waals surface area contributed by atoms with Gasteiger partial charge in [-0.25, -0.2) is 4.79 Å². The number of ether oxygens (including phenoxy) is 5. The first kappa shape index (κ1) is 30.3. The molecule has 0 atom stereocenters. The molecule has 0 N–H and O–H groups in total. The summed E-state index contributed by atoms with van der Waals surface area (Å²) in [6.07, 6.45) is -5.05. The minimum atomic E-state index is -5.05. The predicted molar refractivity (Wildman–Crippen MR) is 148 cm³/mol. The molecule has 0 spiro atoms. The van der Waals surface area contributed by atoms with Crippen LogP contribution in [0.3, 0.4) is 0 Å². The van der Waals surface area contributed by atoms with Crippen molar-refractivity contribution in [1.82, 2.24) is 0 Å². The van der Waals surface area contributed by atoms with Crippen molar-refractivity contribution in [2.24, 2.45) is 0 Å². The van der Waals surface area contributed by atoms with E-state index in [9.17, 15) is 22.8 Å². The SMILES string of the molecule is CCOc1cc(C(=O)Oc2ccc3c(=O)c(Oc4cc(C)ccc4C)c(C(F)(F)F)oc3c2)cc(OCC)c1OCC. The molecule has 0 saturated carbocycles. The standard InChI is InChI=1S/C31H29F3O8/c1-6-37-24-14-19(15-25(38-7-2)27(24)39-8-3)30(36)40-20-11-12-21-23(16-20)42-29(31(32,33)34)28(26(21)35)41-22-13-17(4)9-10-18(22)5/h9-16H,6-8H2,1-5H3. The highest BCUT2D eigenvalue weighted by atomic mass is 19.4. The molecule has 222 valence electrons. The molecule has 0 fully saturated rings. The Hall–Kier alpha value is -4.67. The first-order chi connectivity index (χ1) is 20.0. The lowest BCUT2D eigenvalue weighted by molar-refractivity contribution is -0.154. The highest BCUT2D eigenvalue weighted by Crippen LogP contribution is 2.41. The summed E-state index contributed by atoms with van der Waals surface area (Å²) in [6.45, 7) is 9.58. The summed E-state index contributed by atoms with van der Waals surface area (Å²) in [5.74, 6) is -2.69. The van der Waals surface area contributed by atoms with Crippen molar-refractivity contribution < 1.29 is 46.1 Å². The number of aryl methyl sites for hydroxylation is 2. The van der Waals surface area contributed by atoms with Crippen LogP contribution in [0.2, 0.25) is 0 Å². The molecular formula is C31H29F3O8. The largest absolute Gasteiger partial charge is 0.490 e. The number of carbonyl (C=O) groups excluding carboxylic acids is 1. The predicted octanol–water partition coefficient (Wildman–Crippen LogP) is 7.64. The fourth-order valence-electron chi connectivity index (χ4n) is 4.10. The van der Waals surface area contributed by atoms with Gasteiger partial charge in [-0.05, 0) is 76.1 Å². The zero-order chi connectivity index (χ0) is 30.6. The molecule has 0 bridgehead atoms. The molecule has 4 rings (SSSR count). The van der Waals surface area contributed by atoms with Gasteiger partial charge >= 0.3 is 12.1 Å². The Balaban J connectivity index is 1.74. The average molecular weight is 587 g/mol. The van der Waals surface area contributed by atoms with Crippen LogP contribution in [0, 0.1) is 13.8 Å². The van der Waals surface area contributed by atoms with Crippen molar-refractivity contribution in [2.45, 2.75) is 40.8 Å². The second kappa shape index (κ2) is 12.5. The molecule has 1 heterocycles. The second-order valence-corrected chi connectivity index (χ2v) is 9.11. The van der Waals surface area contributed by atoms with Crippen molar-refractivity contribution >= 4 is 16.9 Å². The van der Waals surface area contributed by atoms with Gasteiger partial charge < -0.3 is 28.1 Å². The molecule has 0 amide bonds. The topological polar surface area (TPSA) is 93.4 Å². The highest BCUT2D eigenvalue weighted by molar-refractivity contribution is 5.93. The Kier molecular flexibility index (Phi) is 8.99. The third-order valence-corrected chi connectivity index (χ3v) is 5.99. The first-order valence-electron chi connectivity index (χ1n) is 13.2. The van der Waals surface area contributed by atoms with E-state index in [1.165, 1.54) is 30.3 Å². The van der Waals surface area contributed by atoms with Crippen molar-refractivity contribution in [3.05, 3.63) is 81.2 Å². The van der Waals surface area contributed by atoms with Crippen LogP contribution in [0.4, 0.5) is 13.2 Å². The number of rotatable bonds is 10. The Morgan fingerprint density at radius 2 is 1.45 bits per heavy atom. The molecule has 11 heteroatoms. The molecule has 0 aliphatic heterocycles. The van der Waals surface area contributed by atoms with E-state index >= 15 is 0 Å². The molecule has 0 aliphatic carbocycles. The molecule has 0 radical (unpaired) electrons. The molecule has 42 heavy (non-hydrogen) atoms. The number of halogens is 3. The molecule has 3 aromatic carbocycles. The lowest BCUT2D eigenvalue weighted by atomic mass is 10.1. The third-order valence-electron chi connectivity index (χ3n) is 5.99. The zero-order valence-corrected chi connectivity index (χ0v) is 23.6. The van der Waals surface area contributed by atoms with Gasteiger partial charge in [-0.3, -0.25) is 4.79 Å². The van der Waals surface area contributed by atoms with Crippen LogP contribution >= 0.6 is 0 Å². The van der Waals surface area contributed by atoms with E-state index in [2.05, 4.69) is 0 Å². The van der Waals surface area contributed by atoms with E-state index in [-0.39, 0.29) is 47.2 Å². The molecule has 1 aromatic heterocycles. The summed E-state index contributed by atoms with van der Waals surface area (Å²) in [6, 6.07) is 11.3. The van der Waals surface area contributed by atoms with Crippen LogP contribution in [-0.4, -0.2) is 25.8 Å². The average Bonchev–Trinajstić information content (AvgIpc) is 2.93. The van der Waals surface area contributed by atoms with Gasteiger partial charge in [-0.2, -0.15) is 13.2 Å². The van der Waals surface area contributed by atoms with E-state index in [0.717, 1.165) is 11.6 Å². The number of hydrogen-bond acceptors (Lipinski definition) is 8. The second-order valence-electron chi connectivity index (χ2n) is 9.11. The van der Waals surface area contributed by atoms with Crippen LogP contribution in [0.1, 0.15) is 48.0 Å². The molecule has 4 aromatic rings. The third kappa shape index (κ3) is 6.45. The Labute approximate surface area is 239 Å². The molecule has 0 aliphatic rings. The van der Waals surface area contributed by atoms with E-state index in [1.807, 2.05) is 0 Å². The zero-order valence-electron chi connectivity index (χ0n) is 23.6. The van der Waals surface area contributed by atoms with Crippen LogP contribution in [0.15, 0.2) is 57.7 Å². The number of fused-ring (bicyclic) bond motifs is 1. The maximum absolute atomic E-state index is 14.0. The Morgan fingerprint density at radius 1 is 0.810 bits per heavy atom. The van der Waals surface area contributed by atoms with Gasteiger partial charge in [-0.15, -0.1) is 0 Å². The van der Waals surface area contributed by atoms with Crippen molar-refractivity contribution in [3.8, 4) is 34.5 Å². The van der Waals surface area contributed by atoms with Crippen molar-refractivity contribution in [2.75, 3.05) is 19.8 Å². The fourth-order valence-corrected chi connectivity index (χ4v) is 4.10. The Bertz CT molecular complexity index is 1650. The molecule has 8 nitrogen and oxygen atoms in total. The number of benzene rings is 3. The van der Waals surface area contributed by atoms with Gasteiger partial charge in [0, 0.05) is 6.07 Å². The van der Waals surface area contributed by atoms with Gasteiger partial charge in [0.05, 0.1) is 30.8 Å². The van der Waals surface area contributed by atoms with E-state index in [1.54, 1.807) is 46.8 Å². The highest BCUT2D eigenvalue weighted by Gasteiger charge is 2.40. The smallest absolute Gasteiger partial charge is 0.453 e. The van der Waals surface area contributed by atoms with E-state index in [4.69, 9.17) is 28.1 Å². The summed E-state index contributed by atoms with van der Waals surface area (Å²) in [7, 11) is 0. The fraction of sp³-hybridized carbons (Fsp3) is 0.290. The van der Waals surface area contributed by atoms with Gasteiger partial charge in [0.15, 0.2) is 11.5 Å². The number of hydrogen-bond donors (Lipinski definition) is 0. The minimum absolute atomic E-state index is 0.0418. The number of esters is 1. The van der Waals surface area contributed by atoms with Gasteiger partial charge in [0.25, 0.3) is 5.76 Å². The first-order valence-corrected chi connectivity index (χ1v) is 13.2. The van der Waals surface area contributed by atoms with Gasteiger partial charge in [0.1, 0.15) is 17.1 Å². The van der Waals surface area contributed by atoms with Crippen LogP contribution in [-0.2, 0) is 6.18 Å². The molecular weight excluding hydrogens is 557 g/mol. The summed E-state index contributed by atoms with van der Waals surface area (Å²) >= 11 is 0. The van der Waals surface area contributed by atoms with Crippen molar-refractivity contribution in [1.29, 1.82) is 0 Å². The minimum Gasteiger partial charge on any atom is -0.490 e. The van der Waals surface area contributed by atoms with Crippen LogP contribution in [0.5, 0.6) is 34.5 Å². The lowest BCUT2D eigenvalue weighted by Crippen LogP contribution is -2.16. The number of carbonyl (C=O) groups is 1. The maximum Gasteiger partial charge on any atom is 0.453 e. The van der Waals surface area contributed by atoms with Crippen LogP contribution < -0.4 is 29.1 Å². The maximum atomic E-state index is 14.0. The molecule has 0 saturated heterocycles. The van der Waals surface area contributed by atoms with Gasteiger partial charge in [0.2, 0.25) is 16.9 Å². The van der Waals surface area contributed by atoms with Crippen molar-refractivity contribution in [3.63, 3.8) is 0 Å². The number of alkyl halides is 3. The summed E-state index contributed by atoms with van der Waals surface area (Å²) in [5.41, 5.74) is -0.167. The van der Waals surface area contributed by atoms with E-state index < -0.39 is 34.7 Å². The monoisotopic (exact) mass is 586 g/mol. The summed E-state index contributed by atoms with van der Waals surface area (Å²) in [5, 5.41) is -0.193. The van der Waals surface area contributed by atoms with Gasteiger partial charge in [-0.1, -0.05) is 12.1 Å². The normalized spacial score (nSPS) is 11.3. The van der Waals surface area contributed by atoms with E-state index in [0.29, 0.717) is 17.9 Å². The quantitative estimate of drug-likeness (QED) is 0.138. The van der Waals surface area contributed by atoms with Crippen LogP contribution in [0.25, 0.3) is 11.0 Å². The Morgan fingerprint density at radius 3 is 2.05 bits per heavy atom. The summed E-state index contributed by atoms with van der Waals surface area (Å²) < 4.78 is 75.0.